The summed E-state index contributed by atoms with van der Waals surface area (Å²) in [6, 6.07) is 8.13. The molecule has 1 aromatic carbocycles. The van der Waals surface area contributed by atoms with Crippen LogP contribution in [0.3, 0.4) is 0 Å². The monoisotopic (exact) mass is 244 g/mol. The summed E-state index contributed by atoms with van der Waals surface area (Å²) in [7, 11) is 0. The van der Waals surface area contributed by atoms with Crippen LogP contribution in [0.15, 0.2) is 24.3 Å². The topological polar surface area (TPSA) is 49.4 Å². The van der Waals surface area contributed by atoms with Crippen molar-refractivity contribution < 1.29 is 9.59 Å². The number of hydrogen-bond acceptors (Lipinski definition) is 2. The first kappa shape index (κ1) is 11.3. The van der Waals surface area contributed by atoms with Gasteiger partial charge in [-0.3, -0.25) is 9.59 Å². The van der Waals surface area contributed by atoms with Crippen LogP contribution in [0.25, 0.3) is 0 Å². The fourth-order valence-electron chi connectivity index (χ4n) is 3.26. The van der Waals surface area contributed by atoms with Crippen LogP contribution in [0.4, 0.5) is 0 Å². The maximum atomic E-state index is 11.9. The van der Waals surface area contributed by atoms with Crippen LogP contribution in [0.2, 0.25) is 0 Å². The zero-order valence-electron chi connectivity index (χ0n) is 10.4. The Kier molecular flexibility index (Phi) is 2.40. The van der Waals surface area contributed by atoms with Crippen LogP contribution in [-0.4, -0.2) is 29.8 Å². The lowest BCUT2D eigenvalue weighted by Crippen LogP contribution is -2.54. The number of amides is 2. The predicted molar refractivity (Wildman–Crippen MR) is 66.8 cm³/mol. The lowest BCUT2D eigenvalue weighted by Gasteiger charge is -2.44. The van der Waals surface area contributed by atoms with Crippen LogP contribution < -0.4 is 5.32 Å². The van der Waals surface area contributed by atoms with Gasteiger partial charge in [0.15, 0.2) is 0 Å². The van der Waals surface area contributed by atoms with E-state index in [-0.39, 0.29) is 11.8 Å². The van der Waals surface area contributed by atoms with Crippen molar-refractivity contribution in [1.82, 2.24) is 10.2 Å². The van der Waals surface area contributed by atoms with Gasteiger partial charge in [-0.25, -0.2) is 0 Å². The predicted octanol–water partition coefficient (Wildman–Crippen LogP) is 0.806. The minimum atomic E-state index is -0.461. The number of nitrogens with zero attached hydrogens (tertiary/aromatic N) is 1. The number of hydrogen-bond donors (Lipinski definition) is 1. The van der Waals surface area contributed by atoms with Crippen molar-refractivity contribution in [3.05, 3.63) is 35.4 Å². The van der Waals surface area contributed by atoms with Crippen molar-refractivity contribution in [2.24, 2.45) is 0 Å². The first-order valence-electron chi connectivity index (χ1n) is 6.27. The highest BCUT2D eigenvalue weighted by atomic mass is 16.2. The summed E-state index contributed by atoms with van der Waals surface area (Å²) in [6.07, 6.45) is 1.25. The largest absolute Gasteiger partial charge is 0.353 e. The molecule has 4 heteroatoms. The smallest absolute Gasteiger partial charge is 0.222 e. The van der Waals surface area contributed by atoms with E-state index >= 15 is 0 Å². The number of nitrogens with one attached hydrogen (secondary N) is 1. The van der Waals surface area contributed by atoms with E-state index in [1.807, 2.05) is 23.1 Å². The number of rotatable bonds is 0. The molecule has 3 rings (SSSR count). The molecule has 1 N–H and O–H groups in total. The Labute approximate surface area is 106 Å². The average Bonchev–Trinajstić information content (AvgIpc) is 2.72. The van der Waals surface area contributed by atoms with E-state index in [4.69, 9.17) is 0 Å². The van der Waals surface area contributed by atoms with Crippen LogP contribution in [0.1, 0.15) is 24.5 Å². The van der Waals surface area contributed by atoms with Crippen molar-refractivity contribution in [1.29, 1.82) is 0 Å². The summed E-state index contributed by atoms with van der Waals surface area (Å²) in [5, 5.41) is 2.87. The highest BCUT2D eigenvalue weighted by Crippen LogP contribution is 2.40. The molecule has 0 aliphatic carbocycles. The van der Waals surface area contributed by atoms with Gasteiger partial charge in [-0.2, -0.15) is 0 Å². The van der Waals surface area contributed by atoms with E-state index in [2.05, 4.69) is 11.4 Å². The number of benzene rings is 1. The Bertz CT molecular complexity index is 526. The molecule has 1 fully saturated rings. The summed E-state index contributed by atoms with van der Waals surface area (Å²) in [5.74, 6) is 0.0685. The molecule has 2 heterocycles. The molecular formula is C14H16N2O2. The standard InChI is InChI=1S/C14H16N2O2/c1-10(17)16-7-6-11-4-2-3-5-12(11)14(16)8-13(18)15-9-14/h2-5H,6-9H2,1H3,(H,15,18). The molecular weight excluding hydrogens is 228 g/mol. The minimum Gasteiger partial charge on any atom is -0.353 e. The van der Waals surface area contributed by atoms with Crippen molar-refractivity contribution in [3.8, 4) is 0 Å². The van der Waals surface area contributed by atoms with Crippen molar-refractivity contribution in [2.45, 2.75) is 25.3 Å². The normalized spacial score (nSPS) is 26.1. The molecule has 2 aliphatic heterocycles. The van der Waals surface area contributed by atoms with Gasteiger partial charge in [0.05, 0.1) is 12.0 Å². The maximum Gasteiger partial charge on any atom is 0.222 e. The zero-order valence-corrected chi connectivity index (χ0v) is 10.4. The second-order valence-electron chi connectivity index (χ2n) is 5.06. The number of carbonyl (C=O) groups is 2. The third kappa shape index (κ3) is 1.45. The van der Waals surface area contributed by atoms with E-state index in [1.54, 1.807) is 6.92 Å². The van der Waals surface area contributed by atoms with E-state index in [9.17, 15) is 9.59 Å². The molecule has 94 valence electrons. The molecule has 0 aromatic heterocycles. The van der Waals surface area contributed by atoms with Gasteiger partial charge in [0, 0.05) is 20.0 Å². The van der Waals surface area contributed by atoms with Gasteiger partial charge in [-0.05, 0) is 17.5 Å². The summed E-state index contributed by atoms with van der Waals surface area (Å²) >= 11 is 0. The van der Waals surface area contributed by atoms with E-state index in [1.165, 1.54) is 5.56 Å². The lowest BCUT2D eigenvalue weighted by atomic mass is 9.79. The molecule has 1 spiro atoms. The third-order valence-electron chi connectivity index (χ3n) is 4.05. The Hall–Kier alpha value is -1.84. The lowest BCUT2D eigenvalue weighted by molar-refractivity contribution is -0.136. The molecule has 2 aliphatic rings. The molecule has 2 amide bonds. The van der Waals surface area contributed by atoms with E-state index < -0.39 is 5.54 Å². The maximum absolute atomic E-state index is 11.9. The highest BCUT2D eigenvalue weighted by Gasteiger charge is 2.48. The molecule has 1 atom stereocenters. The van der Waals surface area contributed by atoms with Crippen LogP contribution in [0, 0.1) is 0 Å². The Balaban J connectivity index is 2.15. The molecule has 4 nitrogen and oxygen atoms in total. The van der Waals surface area contributed by atoms with Crippen molar-refractivity contribution in [2.75, 3.05) is 13.1 Å². The van der Waals surface area contributed by atoms with Crippen LogP contribution >= 0.6 is 0 Å². The van der Waals surface area contributed by atoms with Gasteiger partial charge in [-0.1, -0.05) is 24.3 Å². The van der Waals surface area contributed by atoms with Gasteiger partial charge in [-0.15, -0.1) is 0 Å². The Morgan fingerprint density at radius 3 is 2.83 bits per heavy atom. The highest BCUT2D eigenvalue weighted by molar-refractivity contribution is 5.84. The molecule has 0 bridgehead atoms. The molecule has 18 heavy (non-hydrogen) atoms. The first-order valence-corrected chi connectivity index (χ1v) is 6.27. The van der Waals surface area contributed by atoms with E-state index in [0.717, 1.165) is 12.0 Å². The molecule has 1 saturated heterocycles. The second kappa shape index (κ2) is 3.83. The van der Waals surface area contributed by atoms with Crippen molar-refractivity contribution >= 4 is 11.8 Å². The molecule has 1 unspecified atom stereocenters. The SMILES string of the molecule is CC(=O)N1CCc2ccccc2C12CNC(=O)C2. The summed E-state index contributed by atoms with van der Waals surface area (Å²) in [4.78, 5) is 25.4. The average molecular weight is 244 g/mol. The molecule has 0 radical (unpaired) electrons. The van der Waals surface area contributed by atoms with Gasteiger partial charge < -0.3 is 10.2 Å². The third-order valence-corrected chi connectivity index (χ3v) is 4.05. The number of carbonyl (C=O) groups excluding carboxylic acids is 2. The van der Waals surface area contributed by atoms with Crippen LogP contribution in [-0.2, 0) is 21.5 Å². The Morgan fingerprint density at radius 2 is 2.17 bits per heavy atom. The minimum absolute atomic E-state index is 0.0259. The van der Waals surface area contributed by atoms with Crippen LogP contribution in [0.5, 0.6) is 0 Å². The number of fused-ring (bicyclic) bond motifs is 2. The van der Waals surface area contributed by atoms with Crippen molar-refractivity contribution in [3.63, 3.8) is 0 Å². The Morgan fingerprint density at radius 1 is 1.39 bits per heavy atom. The zero-order chi connectivity index (χ0) is 12.8. The van der Waals surface area contributed by atoms with Gasteiger partial charge in [0.25, 0.3) is 0 Å². The summed E-state index contributed by atoms with van der Waals surface area (Å²) in [5.41, 5.74) is 1.92. The molecule has 0 saturated carbocycles. The second-order valence-corrected chi connectivity index (χ2v) is 5.06. The summed E-state index contributed by atoms with van der Waals surface area (Å²) in [6.45, 7) is 2.81. The first-order chi connectivity index (χ1) is 8.63. The van der Waals surface area contributed by atoms with E-state index in [0.29, 0.717) is 19.5 Å². The quantitative estimate of drug-likeness (QED) is 0.734. The van der Waals surface area contributed by atoms with Gasteiger partial charge >= 0.3 is 0 Å². The fraction of sp³-hybridized carbons (Fsp3) is 0.429. The van der Waals surface area contributed by atoms with Gasteiger partial charge in [0.2, 0.25) is 11.8 Å². The van der Waals surface area contributed by atoms with Gasteiger partial charge in [0.1, 0.15) is 0 Å². The summed E-state index contributed by atoms with van der Waals surface area (Å²) < 4.78 is 0. The fourth-order valence-corrected chi connectivity index (χ4v) is 3.26. The molecule has 1 aromatic rings.